The van der Waals surface area contributed by atoms with Crippen LogP contribution in [-0.2, 0) is 20.9 Å². The minimum Gasteiger partial charge on any atom is -0.475 e. The third kappa shape index (κ3) is 5.87. The molecular weight excluding hydrogens is 400 g/mol. The summed E-state index contributed by atoms with van der Waals surface area (Å²) in [6, 6.07) is 4.63. The van der Waals surface area contributed by atoms with Crippen molar-refractivity contribution in [2.75, 3.05) is 25.0 Å². The van der Waals surface area contributed by atoms with Crippen LogP contribution in [0.15, 0.2) is 18.2 Å². The monoisotopic (exact) mass is 420 g/mol. The topological polar surface area (TPSA) is 125 Å². The zero-order valence-corrected chi connectivity index (χ0v) is 15.1. The van der Waals surface area contributed by atoms with Crippen LogP contribution in [0.2, 0.25) is 0 Å². The molecule has 0 aromatic heterocycles. The number of nitrogens with two attached hydrogens (primary N) is 1. The summed E-state index contributed by atoms with van der Waals surface area (Å²) in [5.74, 6) is -3.82. The van der Waals surface area contributed by atoms with Crippen molar-refractivity contribution >= 4 is 23.5 Å². The molecule has 0 aliphatic carbocycles. The van der Waals surface area contributed by atoms with E-state index in [-0.39, 0.29) is 36.7 Å². The normalized spacial score (nSPS) is 19.3. The van der Waals surface area contributed by atoms with E-state index in [4.69, 9.17) is 15.6 Å². The number of aliphatic carboxylic acids is 1. The molecule has 2 fully saturated rings. The number of nitrogens with zero attached hydrogens (tertiary/aromatic N) is 1. The summed E-state index contributed by atoms with van der Waals surface area (Å²) >= 11 is 0. The van der Waals surface area contributed by atoms with E-state index in [9.17, 15) is 27.2 Å². The number of hydrogen-bond acceptors (Lipinski definition) is 5. The molecule has 29 heavy (non-hydrogen) atoms. The first kappa shape index (κ1) is 22.6. The van der Waals surface area contributed by atoms with Gasteiger partial charge in [-0.15, -0.1) is 0 Å². The maximum Gasteiger partial charge on any atom is 0.490 e. The summed E-state index contributed by atoms with van der Waals surface area (Å²) in [6.07, 6.45) is -4.87. The number of carbonyl (C=O) groups is 3. The number of carbonyl (C=O) groups excluding carboxylic acids is 2. The van der Waals surface area contributed by atoms with Crippen molar-refractivity contribution in [2.24, 2.45) is 11.7 Å². The number of amides is 2. The highest BCUT2D eigenvalue weighted by molar-refractivity contribution is 5.97. The fraction of sp³-hybridized carbons (Fsp3) is 0.471. The number of hydrogen-bond donors (Lipinski definition) is 4. The average molecular weight is 420 g/mol. The van der Waals surface area contributed by atoms with Gasteiger partial charge in [0.1, 0.15) is 5.82 Å². The van der Waals surface area contributed by atoms with E-state index < -0.39 is 18.0 Å². The Labute approximate surface area is 163 Å². The third-order valence-corrected chi connectivity index (χ3v) is 4.51. The van der Waals surface area contributed by atoms with Crippen molar-refractivity contribution in [3.8, 4) is 0 Å². The predicted molar refractivity (Wildman–Crippen MR) is 93.1 cm³/mol. The molecule has 1 aromatic carbocycles. The number of alkyl halides is 3. The first-order valence-electron chi connectivity index (χ1n) is 8.62. The molecule has 2 heterocycles. The second-order valence-electron chi connectivity index (χ2n) is 6.56. The van der Waals surface area contributed by atoms with Crippen LogP contribution in [0.25, 0.3) is 0 Å². The van der Waals surface area contributed by atoms with Gasteiger partial charge in [0.25, 0.3) is 0 Å². The lowest BCUT2D eigenvalue weighted by atomic mass is 10.1. The van der Waals surface area contributed by atoms with Crippen LogP contribution in [0.1, 0.15) is 12.0 Å². The van der Waals surface area contributed by atoms with E-state index in [1.807, 2.05) is 0 Å². The molecule has 1 unspecified atom stereocenters. The van der Waals surface area contributed by atoms with Crippen molar-refractivity contribution < 1.29 is 37.1 Å². The fourth-order valence-electron chi connectivity index (χ4n) is 2.79. The lowest BCUT2D eigenvalue weighted by Crippen LogP contribution is -2.57. The lowest BCUT2D eigenvalue weighted by Gasteiger charge is -2.35. The Hall–Kier alpha value is -2.73. The Morgan fingerprint density at radius 3 is 2.38 bits per heavy atom. The Bertz CT molecular complexity index is 783. The number of carboxylic acids is 1. The molecule has 8 nitrogen and oxygen atoms in total. The van der Waals surface area contributed by atoms with E-state index in [1.165, 1.54) is 6.07 Å². The predicted octanol–water partition coefficient (Wildman–Crippen LogP) is 0.676. The van der Waals surface area contributed by atoms with Crippen LogP contribution in [0.5, 0.6) is 0 Å². The lowest BCUT2D eigenvalue weighted by molar-refractivity contribution is -0.192. The van der Waals surface area contributed by atoms with Gasteiger partial charge in [-0.25, -0.2) is 9.18 Å². The van der Waals surface area contributed by atoms with E-state index >= 15 is 0 Å². The standard InChI is InChI=1S/C15H19FN4O2.C2HF3O2/c16-13-4-11(2-1-9(13)5-17)19-15(22)10-3-14(21)20(8-10)12-6-18-7-12;3-2(4,5)1(6)7/h1-2,4,10,12,18H,3,5-8,17H2,(H,19,22);(H,6,7). The Balaban J connectivity index is 0.000000370. The third-order valence-electron chi connectivity index (χ3n) is 4.51. The molecule has 0 bridgehead atoms. The maximum absolute atomic E-state index is 13.7. The summed E-state index contributed by atoms with van der Waals surface area (Å²) in [4.78, 5) is 34.9. The number of anilines is 1. The summed E-state index contributed by atoms with van der Waals surface area (Å²) in [5, 5.41) is 12.9. The molecule has 0 radical (unpaired) electrons. The molecule has 2 aliphatic heterocycles. The van der Waals surface area contributed by atoms with Crippen LogP contribution in [0, 0.1) is 11.7 Å². The van der Waals surface area contributed by atoms with Crippen LogP contribution in [0.3, 0.4) is 0 Å². The van der Waals surface area contributed by atoms with E-state index in [0.717, 1.165) is 13.1 Å². The maximum atomic E-state index is 13.7. The molecule has 3 rings (SSSR count). The van der Waals surface area contributed by atoms with Crippen LogP contribution < -0.4 is 16.4 Å². The highest BCUT2D eigenvalue weighted by Crippen LogP contribution is 2.24. The smallest absolute Gasteiger partial charge is 0.475 e. The zero-order valence-electron chi connectivity index (χ0n) is 15.1. The largest absolute Gasteiger partial charge is 0.490 e. The molecule has 5 N–H and O–H groups in total. The molecule has 12 heteroatoms. The van der Waals surface area contributed by atoms with Gasteiger partial charge in [-0.2, -0.15) is 13.2 Å². The highest BCUT2D eigenvalue weighted by atomic mass is 19.4. The minimum absolute atomic E-state index is 0.0105. The van der Waals surface area contributed by atoms with Gasteiger partial charge in [-0.3, -0.25) is 9.59 Å². The Morgan fingerprint density at radius 1 is 1.31 bits per heavy atom. The summed E-state index contributed by atoms with van der Waals surface area (Å²) in [7, 11) is 0. The second kappa shape index (κ2) is 9.18. The Kier molecular flexibility index (Phi) is 7.14. The number of rotatable bonds is 4. The van der Waals surface area contributed by atoms with Crippen molar-refractivity contribution in [3.05, 3.63) is 29.6 Å². The van der Waals surface area contributed by atoms with Gasteiger partial charge in [0.15, 0.2) is 0 Å². The number of halogens is 4. The molecular formula is C17H20F4N4O4. The Morgan fingerprint density at radius 2 is 1.93 bits per heavy atom. The van der Waals surface area contributed by atoms with Gasteiger partial charge in [0.2, 0.25) is 11.8 Å². The van der Waals surface area contributed by atoms with E-state index in [2.05, 4.69) is 10.6 Å². The fourth-order valence-corrected chi connectivity index (χ4v) is 2.79. The molecule has 0 saturated carbocycles. The first-order valence-corrected chi connectivity index (χ1v) is 8.62. The molecule has 2 amide bonds. The van der Waals surface area contributed by atoms with Crippen molar-refractivity contribution in [1.82, 2.24) is 10.2 Å². The van der Waals surface area contributed by atoms with E-state index in [0.29, 0.717) is 17.8 Å². The molecule has 160 valence electrons. The van der Waals surface area contributed by atoms with Gasteiger partial charge < -0.3 is 26.4 Å². The van der Waals surface area contributed by atoms with Gasteiger partial charge >= 0.3 is 12.1 Å². The summed E-state index contributed by atoms with van der Waals surface area (Å²) < 4.78 is 45.4. The van der Waals surface area contributed by atoms with Crippen LogP contribution in [-0.4, -0.2) is 59.6 Å². The van der Waals surface area contributed by atoms with Gasteiger partial charge in [0, 0.05) is 43.9 Å². The van der Waals surface area contributed by atoms with Gasteiger partial charge in [0.05, 0.1) is 12.0 Å². The SMILES string of the molecule is NCc1ccc(NC(=O)C2CC(=O)N(C3CNC3)C2)cc1F.O=C(O)C(F)(F)F. The highest BCUT2D eigenvalue weighted by Gasteiger charge is 2.40. The molecule has 1 aromatic rings. The number of benzene rings is 1. The second-order valence-corrected chi connectivity index (χ2v) is 6.56. The van der Waals surface area contributed by atoms with Gasteiger partial charge in [-0.05, 0) is 12.1 Å². The molecule has 0 spiro atoms. The molecule has 2 aliphatic rings. The first-order chi connectivity index (χ1) is 13.5. The number of likely N-dealkylation sites (tertiary alicyclic amines) is 1. The van der Waals surface area contributed by atoms with Crippen molar-refractivity contribution in [2.45, 2.75) is 25.2 Å². The zero-order chi connectivity index (χ0) is 21.8. The average Bonchev–Trinajstić information content (AvgIpc) is 2.95. The minimum atomic E-state index is -5.08. The van der Waals surface area contributed by atoms with E-state index in [1.54, 1.807) is 17.0 Å². The number of nitrogens with one attached hydrogen (secondary N) is 2. The van der Waals surface area contributed by atoms with Crippen molar-refractivity contribution in [3.63, 3.8) is 0 Å². The van der Waals surface area contributed by atoms with Crippen LogP contribution >= 0.6 is 0 Å². The summed E-state index contributed by atoms with van der Waals surface area (Å²) in [5.41, 5.74) is 6.19. The number of carboxylic acid groups (broad SMARTS) is 1. The quantitative estimate of drug-likeness (QED) is 0.531. The van der Waals surface area contributed by atoms with Gasteiger partial charge in [-0.1, -0.05) is 6.07 Å². The molecule has 2 saturated heterocycles. The molecule has 1 atom stereocenters. The van der Waals surface area contributed by atoms with Crippen molar-refractivity contribution in [1.29, 1.82) is 0 Å². The van der Waals surface area contributed by atoms with Crippen LogP contribution in [0.4, 0.5) is 23.2 Å². The summed E-state index contributed by atoms with van der Waals surface area (Å²) in [6.45, 7) is 2.11.